The molecule has 4 heteroatoms. The standard InChI is InChI=1S/C12H17NO3/c1-2-8-15-10-5-3-4-6-11(10)16-9-7-12(13)14/h3-6H,2,7-9H2,1H3,(H2,13,14). The summed E-state index contributed by atoms with van der Waals surface area (Å²) >= 11 is 0. The maximum Gasteiger partial charge on any atom is 0.220 e. The van der Waals surface area contributed by atoms with Crippen LogP contribution in [0.4, 0.5) is 0 Å². The van der Waals surface area contributed by atoms with Crippen molar-refractivity contribution in [1.29, 1.82) is 0 Å². The molecule has 2 N–H and O–H groups in total. The van der Waals surface area contributed by atoms with Gasteiger partial charge in [0.05, 0.1) is 19.6 Å². The number of hydrogen-bond acceptors (Lipinski definition) is 3. The first-order valence-corrected chi connectivity index (χ1v) is 5.37. The molecule has 0 aromatic heterocycles. The topological polar surface area (TPSA) is 61.6 Å². The molecule has 16 heavy (non-hydrogen) atoms. The molecule has 0 saturated carbocycles. The Morgan fingerprint density at radius 1 is 1.19 bits per heavy atom. The summed E-state index contributed by atoms with van der Waals surface area (Å²) in [5, 5.41) is 0. The molecule has 1 amide bonds. The Hall–Kier alpha value is -1.71. The molecule has 4 nitrogen and oxygen atoms in total. The summed E-state index contributed by atoms with van der Waals surface area (Å²) in [6.45, 7) is 2.97. The van der Waals surface area contributed by atoms with Gasteiger partial charge in [0.15, 0.2) is 11.5 Å². The number of hydrogen-bond donors (Lipinski definition) is 1. The first-order valence-electron chi connectivity index (χ1n) is 5.37. The number of carbonyl (C=O) groups is 1. The minimum absolute atomic E-state index is 0.210. The highest BCUT2D eigenvalue weighted by atomic mass is 16.5. The van der Waals surface area contributed by atoms with Crippen molar-refractivity contribution in [2.45, 2.75) is 19.8 Å². The van der Waals surface area contributed by atoms with E-state index in [0.717, 1.165) is 6.42 Å². The molecule has 0 aliphatic carbocycles. The second-order valence-electron chi connectivity index (χ2n) is 3.36. The molecule has 0 aliphatic rings. The number of rotatable bonds is 7. The van der Waals surface area contributed by atoms with E-state index in [1.165, 1.54) is 0 Å². The Morgan fingerprint density at radius 2 is 1.75 bits per heavy atom. The van der Waals surface area contributed by atoms with Crippen LogP contribution in [0.1, 0.15) is 19.8 Å². The Morgan fingerprint density at radius 3 is 2.25 bits per heavy atom. The van der Waals surface area contributed by atoms with Gasteiger partial charge in [-0.3, -0.25) is 4.79 Å². The summed E-state index contributed by atoms with van der Waals surface area (Å²) in [6, 6.07) is 7.39. The molecule has 0 heterocycles. The van der Waals surface area contributed by atoms with Gasteiger partial charge in [-0.05, 0) is 18.6 Å². The van der Waals surface area contributed by atoms with Crippen molar-refractivity contribution < 1.29 is 14.3 Å². The second-order valence-corrected chi connectivity index (χ2v) is 3.36. The maximum absolute atomic E-state index is 10.6. The lowest BCUT2D eigenvalue weighted by Gasteiger charge is -2.11. The first-order chi connectivity index (χ1) is 7.74. The van der Waals surface area contributed by atoms with E-state index in [1.54, 1.807) is 0 Å². The third-order valence-corrected chi connectivity index (χ3v) is 1.92. The van der Waals surface area contributed by atoms with Gasteiger partial charge in [0.2, 0.25) is 5.91 Å². The summed E-state index contributed by atoms with van der Waals surface area (Å²) < 4.78 is 10.9. The minimum atomic E-state index is -0.369. The molecule has 1 aromatic carbocycles. The fourth-order valence-electron chi connectivity index (χ4n) is 1.16. The number of amides is 1. The minimum Gasteiger partial charge on any atom is -0.490 e. The van der Waals surface area contributed by atoms with Crippen LogP contribution in [-0.4, -0.2) is 19.1 Å². The van der Waals surface area contributed by atoms with E-state index >= 15 is 0 Å². The van der Waals surface area contributed by atoms with Gasteiger partial charge in [0, 0.05) is 0 Å². The van der Waals surface area contributed by atoms with Crippen LogP contribution in [0.2, 0.25) is 0 Å². The largest absolute Gasteiger partial charge is 0.490 e. The summed E-state index contributed by atoms with van der Waals surface area (Å²) in [6.07, 6.45) is 1.15. The SMILES string of the molecule is CCCOc1ccccc1OCCC(N)=O. The van der Waals surface area contributed by atoms with Crippen LogP contribution in [0.15, 0.2) is 24.3 Å². The smallest absolute Gasteiger partial charge is 0.220 e. The van der Waals surface area contributed by atoms with E-state index in [0.29, 0.717) is 18.1 Å². The molecule has 1 rings (SSSR count). The second kappa shape index (κ2) is 6.71. The van der Waals surface area contributed by atoms with Crippen LogP contribution in [-0.2, 0) is 4.79 Å². The monoisotopic (exact) mass is 223 g/mol. The number of ether oxygens (including phenoxy) is 2. The van der Waals surface area contributed by atoms with Crippen LogP contribution in [0.5, 0.6) is 11.5 Å². The van der Waals surface area contributed by atoms with Crippen molar-refractivity contribution in [2.75, 3.05) is 13.2 Å². The molecule has 88 valence electrons. The van der Waals surface area contributed by atoms with Crippen LogP contribution in [0.3, 0.4) is 0 Å². The Balaban J connectivity index is 2.52. The van der Waals surface area contributed by atoms with Crippen molar-refractivity contribution in [1.82, 2.24) is 0 Å². The van der Waals surface area contributed by atoms with Gasteiger partial charge in [-0.2, -0.15) is 0 Å². The number of para-hydroxylation sites is 2. The number of primary amides is 1. The summed E-state index contributed by atoms with van der Waals surface area (Å²) in [5.41, 5.74) is 5.02. The van der Waals surface area contributed by atoms with E-state index < -0.39 is 0 Å². The Labute approximate surface area is 95.3 Å². The van der Waals surface area contributed by atoms with Crippen molar-refractivity contribution in [3.63, 3.8) is 0 Å². The normalized spacial score (nSPS) is 9.81. The van der Waals surface area contributed by atoms with Crippen molar-refractivity contribution in [2.24, 2.45) is 5.73 Å². The van der Waals surface area contributed by atoms with E-state index in [9.17, 15) is 4.79 Å². The molecule has 0 unspecified atom stereocenters. The lowest BCUT2D eigenvalue weighted by molar-refractivity contribution is -0.118. The van der Waals surface area contributed by atoms with Gasteiger partial charge in [0.25, 0.3) is 0 Å². The lowest BCUT2D eigenvalue weighted by atomic mass is 10.3. The highest BCUT2D eigenvalue weighted by Gasteiger charge is 2.04. The van der Waals surface area contributed by atoms with Gasteiger partial charge in [0.1, 0.15) is 0 Å². The van der Waals surface area contributed by atoms with E-state index in [1.807, 2.05) is 31.2 Å². The van der Waals surface area contributed by atoms with Crippen LogP contribution >= 0.6 is 0 Å². The third-order valence-electron chi connectivity index (χ3n) is 1.92. The molecule has 0 aliphatic heterocycles. The predicted molar refractivity (Wildman–Crippen MR) is 61.5 cm³/mol. The molecule has 0 fully saturated rings. The lowest BCUT2D eigenvalue weighted by Crippen LogP contribution is -2.14. The maximum atomic E-state index is 10.6. The summed E-state index contributed by atoms with van der Waals surface area (Å²) in [4.78, 5) is 10.6. The molecule has 1 aromatic rings. The molecular formula is C12H17NO3. The molecule has 0 radical (unpaired) electrons. The van der Waals surface area contributed by atoms with E-state index in [2.05, 4.69) is 0 Å². The number of benzene rings is 1. The molecular weight excluding hydrogens is 206 g/mol. The van der Waals surface area contributed by atoms with Gasteiger partial charge in [-0.25, -0.2) is 0 Å². The third kappa shape index (κ3) is 4.21. The molecule has 0 saturated heterocycles. The fourth-order valence-corrected chi connectivity index (χ4v) is 1.16. The van der Waals surface area contributed by atoms with Crippen LogP contribution in [0, 0.1) is 0 Å². The van der Waals surface area contributed by atoms with Crippen molar-refractivity contribution in [3.05, 3.63) is 24.3 Å². The summed E-state index contributed by atoms with van der Waals surface area (Å²) in [7, 11) is 0. The van der Waals surface area contributed by atoms with E-state index in [-0.39, 0.29) is 18.9 Å². The summed E-state index contributed by atoms with van der Waals surface area (Å²) in [5.74, 6) is 0.984. The number of nitrogens with two attached hydrogens (primary N) is 1. The van der Waals surface area contributed by atoms with Crippen molar-refractivity contribution in [3.8, 4) is 11.5 Å². The van der Waals surface area contributed by atoms with Crippen LogP contribution in [0.25, 0.3) is 0 Å². The van der Waals surface area contributed by atoms with Crippen LogP contribution < -0.4 is 15.2 Å². The first kappa shape index (κ1) is 12.4. The highest BCUT2D eigenvalue weighted by molar-refractivity contribution is 5.73. The van der Waals surface area contributed by atoms with Gasteiger partial charge >= 0.3 is 0 Å². The highest BCUT2D eigenvalue weighted by Crippen LogP contribution is 2.26. The Bertz CT molecular complexity index is 339. The Kier molecular flexibility index (Phi) is 5.19. The zero-order chi connectivity index (χ0) is 11.8. The molecule has 0 bridgehead atoms. The molecule has 0 atom stereocenters. The average molecular weight is 223 g/mol. The predicted octanol–water partition coefficient (Wildman–Crippen LogP) is 1.73. The molecule has 0 spiro atoms. The van der Waals surface area contributed by atoms with Gasteiger partial charge < -0.3 is 15.2 Å². The quantitative estimate of drug-likeness (QED) is 0.765. The average Bonchev–Trinajstić information content (AvgIpc) is 2.27. The zero-order valence-corrected chi connectivity index (χ0v) is 9.44. The number of carbonyl (C=O) groups excluding carboxylic acids is 1. The van der Waals surface area contributed by atoms with Crippen molar-refractivity contribution >= 4 is 5.91 Å². The zero-order valence-electron chi connectivity index (χ0n) is 9.44. The fraction of sp³-hybridized carbons (Fsp3) is 0.417. The van der Waals surface area contributed by atoms with Gasteiger partial charge in [-0.1, -0.05) is 19.1 Å². The van der Waals surface area contributed by atoms with Gasteiger partial charge in [-0.15, -0.1) is 0 Å². The van der Waals surface area contributed by atoms with E-state index in [4.69, 9.17) is 15.2 Å².